The highest BCUT2D eigenvalue weighted by Gasteiger charge is 2.36. The molecule has 154 valence electrons. The summed E-state index contributed by atoms with van der Waals surface area (Å²) in [4.78, 5) is 47.8. The standard InChI is InChI=1S/C18H10Cl2FN3O5S/c19-11-3-1-9(5-14(11)24(28)29)6-15-17(26)23(18(27)30-15)8-16(25)22-10-2-4-13(21)12(20)7-10/h1-7H,8H2,(H,22,25)/b15-6-. The van der Waals surface area contributed by atoms with Gasteiger partial charge in [0.25, 0.3) is 16.8 Å². The first-order valence-electron chi connectivity index (χ1n) is 8.10. The average Bonchev–Trinajstić information content (AvgIpc) is 2.93. The predicted molar refractivity (Wildman–Crippen MR) is 111 cm³/mol. The van der Waals surface area contributed by atoms with Gasteiger partial charge in [0, 0.05) is 11.8 Å². The number of amides is 3. The molecule has 0 saturated carbocycles. The zero-order valence-electron chi connectivity index (χ0n) is 14.7. The number of rotatable bonds is 5. The third-order valence-corrected chi connectivity index (χ3v) is 5.36. The van der Waals surface area contributed by atoms with Crippen molar-refractivity contribution in [2.75, 3.05) is 11.9 Å². The molecule has 3 amide bonds. The zero-order chi connectivity index (χ0) is 22.0. The van der Waals surface area contributed by atoms with Gasteiger partial charge in [0.2, 0.25) is 5.91 Å². The van der Waals surface area contributed by atoms with Crippen LogP contribution in [0.2, 0.25) is 10.0 Å². The number of imide groups is 1. The van der Waals surface area contributed by atoms with Gasteiger partial charge in [-0.2, -0.15) is 0 Å². The molecular weight excluding hydrogens is 460 g/mol. The second kappa shape index (κ2) is 8.82. The third kappa shape index (κ3) is 4.78. The van der Waals surface area contributed by atoms with Crippen LogP contribution >= 0.6 is 35.0 Å². The van der Waals surface area contributed by atoms with Crippen LogP contribution in [0.3, 0.4) is 0 Å². The number of nitro groups is 1. The summed E-state index contributed by atoms with van der Waals surface area (Å²) in [5.41, 5.74) is 0.145. The normalized spacial score (nSPS) is 15.0. The van der Waals surface area contributed by atoms with Crippen molar-refractivity contribution in [1.82, 2.24) is 4.90 Å². The van der Waals surface area contributed by atoms with Gasteiger partial charge in [0.05, 0.1) is 14.9 Å². The van der Waals surface area contributed by atoms with E-state index in [4.69, 9.17) is 23.2 Å². The molecule has 3 rings (SSSR count). The molecule has 0 atom stereocenters. The minimum atomic E-state index is -0.727. The summed E-state index contributed by atoms with van der Waals surface area (Å²) in [6.45, 7) is -0.572. The fourth-order valence-corrected chi connectivity index (χ4v) is 3.67. The molecule has 1 aliphatic rings. The van der Waals surface area contributed by atoms with Gasteiger partial charge in [-0.25, -0.2) is 4.39 Å². The number of carbonyl (C=O) groups excluding carboxylic acids is 3. The Morgan fingerprint density at radius 2 is 1.93 bits per heavy atom. The number of nitrogens with zero attached hydrogens (tertiary/aromatic N) is 2. The Bertz CT molecular complexity index is 1120. The van der Waals surface area contributed by atoms with Crippen molar-refractivity contribution in [2.45, 2.75) is 0 Å². The summed E-state index contributed by atoms with van der Waals surface area (Å²) in [5, 5.41) is 12.5. The molecule has 1 fully saturated rings. The van der Waals surface area contributed by atoms with E-state index in [-0.39, 0.29) is 26.3 Å². The molecule has 2 aromatic carbocycles. The molecule has 0 bridgehead atoms. The van der Waals surface area contributed by atoms with Crippen molar-refractivity contribution in [2.24, 2.45) is 0 Å². The van der Waals surface area contributed by atoms with Gasteiger partial charge in [-0.05, 0) is 47.7 Å². The molecule has 2 aromatic rings. The number of carbonyl (C=O) groups is 3. The molecule has 0 unspecified atom stereocenters. The molecule has 1 heterocycles. The lowest BCUT2D eigenvalue weighted by Crippen LogP contribution is -2.36. The molecule has 0 aromatic heterocycles. The van der Waals surface area contributed by atoms with Crippen molar-refractivity contribution < 1.29 is 23.7 Å². The number of halogens is 3. The smallest absolute Gasteiger partial charge is 0.294 e. The number of anilines is 1. The van der Waals surface area contributed by atoms with Crippen LogP contribution in [0.5, 0.6) is 0 Å². The maximum absolute atomic E-state index is 13.2. The Kier molecular flexibility index (Phi) is 6.40. The van der Waals surface area contributed by atoms with Crippen LogP contribution in [0.15, 0.2) is 41.3 Å². The number of nitrogens with one attached hydrogen (secondary N) is 1. The second-order valence-electron chi connectivity index (χ2n) is 5.91. The Balaban J connectivity index is 1.73. The van der Waals surface area contributed by atoms with Gasteiger partial charge in [-0.15, -0.1) is 0 Å². The SMILES string of the molecule is O=C(CN1C(=O)S/C(=C\c2ccc(Cl)c([N+](=O)[O-])c2)C1=O)Nc1ccc(F)c(Cl)c1. The molecule has 0 aliphatic carbocycles. The summed E-state index contributed by atoms with van der Waals surface area (Å²) >= 11 is 12.0. The maximum atomic E-state index is 13.2. The van der Waals surface area contributed by atoms with Crippen molar-refractivity contribution in [1.29, 1.82) is 0 Å². The minimum Gasteiger partial charge on any atom is -0.324 e. The van der Waals surface area contributed by atoms with E-state index in [9.17, 15) is 28.9 Å². The van der Waals surface area contributed by atoms with Crippen LogP contribution in [-0.4, -0.2) is 33.4 Å². The van der Waals surface area contributed by atoms with Crippen LogP contribution in [0.1, 0.15) is 5.56 Å². The van der Waals surface area contributed by atoms with E-state index >= 15 is 0 Å². The first kappa shape index (κ1) is 21.8. The largest absolute Gasteiger partial charge is 0.324 e. The highest BCUT2D eigenvalue weighted by atomic mass is 35.5. The van der Waals surface area contributed by atoms with E-state index < -0.39 is 34.3 Å². The number of benzene rings is 2. The van der Waals surface area contributed by atoms with E-state index in [0.29, 0.717) is 17.3 Å². The van der Waals surface area contributed by atoms with Gasteiger partial charge in [-0.3, -0.25) is 29.4 Å². The number of nitro benzene ring substituents is 1. The molecule has 1 N–H and O–H groups in total. The molecule has 1 aliphatic heterocycles. The highest BCUT2D eigenvalue weighted by molar-refractivity contribution is 8.18. The quantitative estimate of drug-likeness (QED) is 0.385. The monoisotopic (exact) mass is 469 g/mol. The van der Waals surface area contributed by atoms with E-state index in [1.54, 1.807) is 0 Å². The predicted octanol–water partition coefficient (Wildman–Crippen LogP) is 4.72. The topological polar surface area (TPSA) is 110 Å². The van der Waals surface area contributed by atoms with E-state index in [0.717, 1.165) is 11.0 Å². The number of hydrogen-bond donors (Lipinski definition) is 1. The van der Waals surface area contributed by atoms with Gasteiger partial charge >= 0.3 is 0 Å². The fraction of sp³-hybridized carbons (Fsp3) is 0.0556. The Morgan fingerprint density at radius 3 is 2.60 bits per heavy atom. The second-order valence-corrected chi connectivity index (χ2v) is 7.72. The molecular formula is C18H10Cl2FN3O5S. The van der Waals surface area contributed by atoms with E-state index in [1.165, 1.54) is 36.4 Å². The first-order chi connectivity index (χ1) is 14.2. The van der Waals surface area contributed by atoms with Crippen molar-refractivity contribution in [3.8, 4) is 0 Å². The Labute approximate surface area is 182 Å². The number of hydrogen-bond acceptors (Lipinski definition) is 6. The third-order valence-electron chi connectivity index (χ3n) is 3.84. The van der Waals surface area contributed by atoms with E-state index in [2.05, 4.69) is 5.32 Å². The molecule has 0 spiro atoms. The van der Waals surface area contributed by atoms with Crippen molar-refractivity contribution in [3.05, 3.63) is 72.8 Å². The highest BCUT2D eigenvalue weighted by Crippen LogP contribution is 2.33. The van der Waals surface area contributed by atoms with Crippen molar-refractivity contribution >= 4 is 69.5 Å². The lowest BCUT2D eigenvalue weighted by atomic mass is 10.2. The molecule has 30 heavy (non-hydrogen) atoms. The fourth-order valence-electron chi connectivity index (χ4n) is 2.47. The molecule has 12 heteroatoms. The van der Waals surface area contributed by atoms with Gasteiger partial charge in [0.15, 0.2) is 0 Å². The summed E-state index contributed by atoms with van der Waals surface area (Å²) < 4.78 is 13.2. The van der Waals surface area contributed by atoms with E-state index in [1.807, 2.05) is 0 Å². The summed E-state index contributed by atoms with van der Waals surface area (Å²) in [5.74, 6) is -2.08. The summed E-state index contributed by atoms with van der Waals surface area (Å²) in [7, 11) is 0. The Morgan fingerprint density at radius 1 is 1.20 bits per heavy atom. The molecule has 1 saturated heterocycles. The summed E-state index contributed by atoms with van der Waals surface area (Å²) in [6, 6.07) is 7.45. The van der Waals surface area contributed by atoms with Crippen LogP contribution in [-0.2, 0) is 9.59 Å². The van der Waals surface area contributed by atoms with Gasteiger partial charge < -0.3 is 5.32 Å². The van der Waals surface area contributed by atoms with Crippen molar-refractivity contribution in [3.63, 3.8) is 0 Å². The van der Waals surface area contributed by atoms with Gasteiger partial charge in [-0.1, -0.05) is 29.3 Å². The van der Waals surface area contributed by atoms with Crippen LogP contribution in [0.25, 0.3) is 6.08 Å². The summed E-state index contributed by atoms with van der Waals surface area (Å²) in [6.07, 6.45) is 1.30. The zero-order valence-corrected chi connectivity index (χ0v) is 17.1. The average molecular weight is 470 g/mol. The Hall–Kier alpha value is -2.95. The van der Waals surface area contributed by atoms with Crippen LogP contribution in [0.4, 0.5) is 20.6 Å². The first-order valence-corrected chi connectivity index (χ1v) is 9.67. The minimum absolute atomic E-state index is 0.00533. The van der Waals surface area contributed by atoms with Crippen LogP contribution < -0.4 is 5.32 Å². The lowest BCUT2D eigenvalue weighted by molar-refractivity contribution is -0.384. The molecule has 8 nitrogen and oxygen atoms in total. The van der Waals surface area contributed by atoms with Crippen LogP contribution in [0, 0.1) is 15.9 Å². The lowest BCUT2D eigenvalue weighted by Gasteiger charge is -2.12. The maximum Gasteiger partial charge on any atom is 0.294 e. The molecule has 0 radical (unpaired) electrons. The van der Waals surface area contributed by atoms with Gasteiger partial charge in [0.1, 0.15) is 17.4 Å². The number of thioether (sulfide) groups is 1.